The van der Waals surface area contributed by atoms with Crippen molar-refractivity contribution >= 4 is 16.6 Å². The molecule has 0 unspecified atom stereocenters. The zero-order valence-corrected chi connectivity index (χ0v) is 8.11. The number of hydrogen-bond acceptors (Lipinski definition) is 4. The number of hydrogen-bond donors (Lipinski definition) is 0. The van der Waals surface area contributed by atoms with Crippen LogP contribution < -0.4 is 4.74 Å². The third-order valence-corrected chi connectivity index (χ3v) is 1.74. The Morgan fingerprint density at radius 1 is 1.36 bits per heavy atom. The van der Waals surface area contributed by atoms with Gasteiger partial charge in [0.25, 0.3) is 0 Å². The molecule has 0 saturated heterocycles. The summed E-state index contributed by atoms with van der Waals surface area (Å²) in [4.78, 5) is 10.8. The van der Waals surface area contributed by atoms with Gasteiger partial charge in [0.1, 0.15) is 5.75 Å². The quantitative estimate of drug-likeness (QED) is 0.709. The standard InChI is InChI=1S/C8H7NO4S/c1-6-4-2-3-5-7(6)13-8(10)9-14(11)12/h2-5H,1H3. The van der Waals surface area contributed by atoms with Gasteiger partial charge in [0.2, 0.25) is 0 Å². The van der Waals surface area contributed by atoms with Crippen LogP contribution in [0.3, 0.4) is 0 Å². The SMILES string of the molecule is Cc1ccccc1OC(=O)N=S(=O)=O. The molecular formula is C8H7NO4S. The van der Waals surface area contributed by atoms with Crippen LogP contribution in [0.2, 0.25) is 0 Å². The molecule has 74 valence electrons. The lowest BCUT2D eigenvalue weighted by Crippen LogP contribution is -2.02. The lowest BCUT2D eigenvalue weighted by Gasteiger charge is -2.01. The van der Waals surface area contributed by atoms with Crippen LogP contribution in [0.4, 0.5) is 4.79 Å². The lowest BCUT2D eigenvalue weighted by molar-refractivity contribution is 0.211. The zero-order chi connectivity index (χ0) is 10.6. The molecule has 0 atom stereocenters. The highest BCUT2D eigenvalue weighted by atomic mass is 32.2. The highest BCUT2D eigenvalue weighted by molar-refractivity contribution is 7.62. The molecule has 1 aromatic carbocycles. The second-order valence-corrected chi connectivity index (χ2v) is 3.06. The maximum atomic E-state index is 10.8. The number of benzene rings is 1. The zero-order valence-electron chi connectivity index (χ0n) is 7.30. The molecule has 0 saturated carbocycles. The molecule has 0 aliphatic rings. The summed E-state index contributed by atoms with van der Waals surface area (Å²) in [6.07, 6.45) is -1.15. The third kappa shape index (κ3) is 2.98. The van der Waals surface area contributed by atoms with Crippen LogP contribution in [0.5, 0.6) is 5.75 Å². The molecule has 0 N–H and O–H groups in total. The molecule has 1 aromatic rings. The molecule has 0 spiro atoms. The summed E-state index contributed by atoms with van der Waals surface area (Å²) in [6, 6.07) is 6.73. The maximum absolute atomic E-state index is 10.8. The summed E-state index contributed by atoms with van der Waals surface area (Å²) in [5.74, 6) is 0.298. The van der Waals surface area contributed by atoms with Crippen molar-refractivity contribution in [2.45, 2.75) is 6.92 Å². The number of carbonyl (C=O) groups excluding carboxylic acids is 1. The smallest absolute Gasteiger partial charge is 0.408 e. The first-order chi connectivity index (χ1) is 6.59. The molecule has 14 heavy (non-hydrogen) atoms. The van der Waals surface area contributed by atoms with E-state index in [2.05, 4.69) is 9.10 Å². The molecule has 1 rings (SSSR count). The van der Waals surface area contributed by atoms with Crippen molar-refractivity contribution in [3.8, 4) is 5.75 Å². The first-order valence-corrected chi connectivity index (χ1v) is 4.71. The fourth-order valence-electron chi connectivity index (χ4n) is 0.844. The molecule has 0 heterocycles. The predicted molar refractivity (Wildman–Crippen MR) is 48.6 cm³/mol. The summed E-state index contributed by atoms with van der Waals surface area (Å²) in [6.45, 7) is 1.73. The average Bonchev–Trinajstić information content (AvgIpc) is 2.07. The van der Waals surface area contributed by atoms with Crippen molar-refractivity contribution in [2.24, 2.45) is 4.36 Å². The summed E-state index contributed by atoms with van der Waals surface area (Å²) in [5, 5.41) is 0. The van der Waals surface area contributed by atoms with E-state index < -0.39 is 16.6 Å². The van der Waals surface area contributed by atoms with E-state index in [1.165, 1.54) is 0 Å². The molecular weight excluding hydrogens is 206 g/mol. The van der Waals surface area contributed by atoms with Crippen molar-refractivity contribution in [3.05, 3.63) is 29.8 Å². The van der Waals surface area contributed by atoms with Gasteiger partial charge in [-0.1, -0.05) is 22.6 Å². The van der Waals surface area contributed by atoms with Gasteiger partial charge in [0, 0.05) is 0 Å². The minimum Gasteiger partial charge on any atom is -0.408 e. The number of aryl methyl sites for hydroxylation is 1. The van der Waals surface area contributed by atoms with Gasteiger partial charge >= 0.3 is 16.6 Å². The van der Waals surface area contributed by atoms with Gasteiger partial charge in [-0.3, -0.25) is 0 Å². The van der Waals surface area contributed by atoms with E-state index in [9.17, 15) is 13.2 Å². The Balaban J connectivity index is 2.85. The second-order valence-electron chi connectivity index (χ2n) is 2.44. The number of para-hydroxylation sites is 1. The highest BCUT2D eigenvalue weighted by Gasteiger charge is 2.04. The minimum absolute atomic E-state index is 0.298. The summed E-state index contributed by atoms with van der Waals surface area (Å²) >= 11 is 0. The van der Waals surface area contributed by atoms with Crippen LogP contribution in [0.25, 0.3) is 0 Å². The summed E-state index contributed by atoms with van der Waals surface area (Å²) in [5.41, 5.74) is 0.729. The summed E-state index contributed by atoms with van der Waals surface area (Å²) in [7, 11) is -2.78. The maximum Gasteiger partial charge on any atom is 0.454 e. The highest BCUT2D eigenvalue weighted by Crippen LogP contribution is 2.16. The molecule has 0 radical (unpaired) electrons. The van der Waals surface area contributed by atoms with Crippen molar-refractivity contribution in [3.63, 3.8) is 0 Å². The third-order valence-electron chi connectivity index (χ3n) is 1.44. The Bertz CT molecular complexity index is 470. The lowest BCUT2D eigenvalue weighted by atomic mass is 10.2. The number of rotatable bonds is 1. The summed E-state index contributed by atoms with van der Waals surface area (Å²) < 4.78 is 27.4. The minimum atomic E-state index is -2.78. The molecule has 6 heteroatoms. The Kier molecular flexibility index (Phi) is 3.35. The molecule has 0 bridgehead atoms. The Hall–Kier alpha value is -1.69. The van der Waals surface area contributed by atoms with Crippen LogP contribution in [0.15, 0.2) is 28.6 Å². The number of amides is 1. The van der Waals surface area contributed by atoms with E-state index in [0.29, 0.717) is 5.75 Å². The topological polar surface area (TPSA) is 72.8 Å². The van der Waals surface area contributed by atoms with Crippen LogP contribution in [-0.2, 0) is 10.5 Å². The second kappa shape index (κ2) is 4.52. The van der Waals surface area contributed by atoms with Gasteiger partial charge in [-0.2, -0.15) is 8.42 Å². The van der Waals surface area contributed by atoms with E-state index in [1.807, 2.05) is 0 Å². The first kappa shape index (κ1) is 10.4. The monoisotopic (exact) mass is 213 g/mol. The van der Waals surface area contributed by atoms with Crippen molar-refractivity contribution < 1.29 is 17.9 Å². The molecule has 0 fully saturated rings. The Morgan fingerprint density at radius 2 is 2.00 bits per heavy atom. The Morgan fingerprint density at radius 3 is 2.57 bits per heavy atom. The van der Waals surface area contributed by atoms with Crippen LogP contribution >= 0.6 is 0 Å². The van der Waals surface area contributed by atoms with E-state index in [4.69, 9.17) is 0 Å². The fraction of sp³-hybridized carbons (Fsp3) is 0.125. The van der Waals surface area contributed by atoms with Crippen molar-refractivity contribution in [1.29, 1.82) is 0 Å². The van der Waals surface area contributed by atoms with Gasteiger partial charge in [-0.25, -0.2) is 4.79 Å². The molecule has 0 aliphatic heterocycles. The van der Waals surface area contributed by atoms with Crippen LogP contribution in [-0.4, -0.2) is 14.5 Å². The average molecular weight is 213 g/mol. The number of nitrogens with zero attached hydrogens (tertiary/aromatic N) is 1. The molecule has 1 amide bonds. The fourth-order valence-corrected chi connectivity index (χ4v) is 1.00. The first-order valence-electron chi connectivity index (χ1n) is 3.68. The number of carbonyl (C=O) groups is 1. The van der Waals surface area contributed by atoms with E-state index in [1.54, 1.807) is 31.2 Å². The van der Waals surface area contributed by atoms with E-state index >= 15 is 0 Å². The van der Waals surface area contributed by atoms with Crippen LogP contribution in [0.1, 0.15) is 5.56 Å². The predicted octanol–water partition coefficient (Wildman–Crippen LogP) is 1.56. The largest absolute Gasteiger partial charge is 0.454 e. The van der Waals surface area contributed by atoms with Crippen molar-refractivity contribution in [1.82, 2.24) is 0 Å². The molecule has 0 aliphatic carbocycles. The van der Waals surface area contributed by atoms with E-state index in [-0.39, 0.29) is 0 Å². The van der Waals surface area contributed by atoms with Crippen molar-refractivity contribution in [2.75, 3.05) is 0 Å². The van der Waals surface area contributed by atoms with Gasteiger partial charge < -0.3 is 4.74 Å². The van der Waals surface area contributed by atoms with Crippen LogP contribution in [0, 0.1) is 6.92 Å². The Labute approximate surface area is 82.0 Å². The van der Waals surface area contributed by atoms with E-state index in [0.717, 1.165) is 5.56 Å². The normalized spacial score (nSPS) is 9.21. The van der Waals surface area contributed by atoms with Gasteiger partial charge in [0.15, 0.2) is 0 Å². The van der Waals surface area contributed by atoms with Gasteiger partial charge in [-0.05, 0) is 18.6 Å². The molecule has 0 aromatic heterocycles. The number of ether oxygens (including phenoxy) is 1. The molecule has 5 nitrogen and oxygen atoms in total. The van der Waals surface area contributed by atoms with Gasteiger partial charge in [-0.15, -0.1) is 0 Å². The van der Waals surface area contributed by atoms with Gasteiger partial charge in [0.05, 0.1) is 0 Å².